The summed E-state index contributed by atoms with van der Waals surface area (Å²) in [5.74, 6) is 2.32. The molecule has 106 valence electrons. The Morgan fingerprint density at radius 1 is 1.37 bits per heavy atom. The highest BCUT2D eigenvalue weighted by molar-refractivity contribution is 6.31. The van der Waals surface area contributed by atoms with E-state index in [1.54, 1.807) is 6.20 Å². The minimum atomic E-state index is 0.731. The van der Waals surface area contributed by atoms with Crippen LogP contribution in [0.4, 0.5) is 0 Å². The van der Waals surface area contributed by atoms with Crippen molar-refractivity contribution in [3.05, 3.63) is 29.0 Å². The van der Waals surface area contributed by atoms with Gasteiger partial charge in [-0.2, -0.15) is 0 Å². The van der Waals surface area contributed by atoms with Crippen molar-refractivity contribution in [2.24, 2.45) is 17.8 Å². The minimum absolute atomic E-state index is 0.731. The molecule has 0 aliphatic heterocycles. The van der Waals surface area contributed by atoms with Crippen LogP contribution in [0, 0.1) is 17.8 Å². The molecule has 1 heterocycles. The third-order valence-corrected chi connectivity index (χ3v) is 4.45. The summed E-state index contributed by atoms with van der Waals surface area (Å²) in [5, 5.41) is 4.43. The van der Waals surface area contributed by atoms with Crippen LogP contribution in [0.2, 0.25) is 5.02 Å². The Labute approximate surface area is 122 Å². The summed E-state index contributed by atoms with van der Waals surface area (Å²) >= 11 is 6.22. The van der Waals surface area contributed by atoms with E-state index in [4.69, 9.17) is 11.6 Å². The molecule has 2 rings (SSSR count). The summed E-state index contributed by atoms with van der Waals surface area (Å²) < 4.78 is 0. The molecule has 1 aliphatic rings. The van der Waals surface area contributed by atoms with Gasteiger partial charge >= 0.3 is 0 Å². The first-order chi connectivity index (χ1) is 9.16. The van der Waals surface area contributed by atoms with Crippen LogP contribution in [0.25, 0.3) is 0 Å². The molecule has 0 amide bonds. The Kier molecular flexibility index (Phi) is 5.65. The summed E-state index contributed by atoms with van der Waals surface area (Å²) in [5.41, 5.74) is 1.26. The summed E-state index contributed by atoms with van der Waals surface area (Å²) in [7, 11) is 0. The number of aromatic nitrogens is 1. The molecule has 1 fully saturated rings. The van der Waals surface area contributed by atoms with Crippen molar-refractivity contribution in [3.8, 4) is 0 Å². The number of hydrogen-bond donors (Lipinski definition) is 1. The van der Waals surface area contributed by atoms with Crippen molar-refractivity contribution in [2.45, 2.75) is 39.5 Å². The molecule has 0 saturated heterocycles. The summed E-state index contributed by atoms with van der Waals surface area (Å²) in [6.45, 7) is 6.80. The van der Waals surface area contributed by atoms with Gasteiger partial charge in [0.2, 0.25) is 0 Å². The summed E-state index contributed by atoms with van der Waals surface area (Å²) in [4.78, 5) is 4.06. The summed E-state index contributed by atoms with van der Waals surface area (Å²) in [6.07, 6.45) is 8.78. The second-order valence-corrected chi connectivity index (χ2v) is 6.58. The smallest absolute Gasteiger partial charge is 0.0621 e. The Morgan fingerprint density at radius 3 is 2.89 bits per heavy atom. The second-order valence-electron chi connectivity index (χ2n) is 6.17. The van der Waals surface area contributed by atoms with Gasteiger partial charge in [-0.1, -0.05) is 31.9 Å². The lowest BCUT2D eigenvalue weighted by Gasteiger charge is -2.21. The summed E-state index contributed by atoms with van der Waals surface area (Å²) in [6, 6.07) is 2.07. The zero-order valence-corrected chi connectivity index (χ0v) is 12.8. The van der Waals surface area contributed by atoms with Gasteiger partial charge in [-0.25, -0.2) is 0 Å². The van der Waals surface area contributed by atoms with Gasteiger partial charge in [-0.15, -0.1) is 0 Å². The van der Waals surface area contributed by atoms with Crippen LogP contribution in [0.3, 0.4) is 0 Å². The minimum Gasteiger partial charge on any atom is -0.316 e. The van der Waals surface area contributed by atoms with Crippen molar-refractivity contribution >= 4 is 11.6 Å². The standard InChI is InChI=1S/C16H25ClN2/c1-12(2)9-19-10-15-5-3-4-13(15)8-14-6-7-18-11-16(14)17/h6-7,11-13,15,19H,3-5,8-10H2,1-2H3. The van der Waals surface area contributed by atoms with E-state index >= 15 is 0 Å². The first-order valence-corrected chi connectivity index (χ1v) is 7.83. The first kappa shape index (κ1) is 14.8. The molecule has 1 aromatic rings. The lowest BCUT2D eigenvalue weighted by atomic mass is 9.90. The Bertz CT molecular complexity index is 392. The van der Waals surface area contributed by atoms with E-state index in [0.717, 1.165) is 42.3 Å². The molecule has 0 spiro atoms. The van der Waals surface area contributed by atoms with Crippen molar-refractivity contribution in [1.82, 2.24) is 10.3 Å². The first-order valence-electron chi connectivity index (χ1n) is 7.46. The molecule has 0 aromatic carbocycles. The van der Waals surface area contributed by atoms with Gasteiger partial charge in [0.25, 0.3) is 0 Å². The van der Waals surface area contributed by atoms with E-state index in [-0.39, 0.29) is 0 Å². The van der Waals surface area contributed by atoms with Crippen LogP contribution in [-0.2, 0) is 6.42 Å². The van der Waals surface area contributed by atoms with Gasteiger partial charge in [0, 0.05) is 12.4 Å². The maximum Gasteiger partial charge on any atom is 0.0621 e. The van der Waals surface area contributed by atoms with Gasteiger partial charge in [0.05, 0.1) is 5.02 Å². The average molecular weight is 281 g/mol. The van der Waals surface area contributed by atoms with Crippen molar-refractivity contribution in [3.63, 3.8) is 0 Å². The van der Waals surface area contributed by atoms with Gasteiger partial charge in [0.1, 0.15) is 0 Å². The highest BCUT2D eigenvalue weighted by atomic mass is 35.5. The fraction of sp³-hybridized carbons (Fsp3) is 0.688. The highest BCUT2D eigenvalue weighted by Gasteiger charge is 2.27. The van der Waals surface area contributed by atoms with E-state index in [0.29, 0.717) is 0 Å². The van der Waals surface area contributed by atoms with Crippen LogP contribution in [0.5, 0.6) is 0 Å². The Balaban J connectivity index is 1.87. The third-order valence-electron chi connectivity index (χ3n) is 4.11. The maximum atomic E-state index is 6.22. The zero-order valence-electron chi connectivity index (χ0n) is 12.0. The number of nitrogens with zero attached hydrogens (tertiary/aromatic N) is 1. The Morgan fingerprint density at radius 2 is 2.16 bits per heavy atom. The van der Waals surface area contributed by atoms with E-state index in [2.05, 4.69) is 30.2 Å². The lowest BCUT2D eigenvalue weighted by molar-refractivity contribution is 0.357. The van der Waals surface area contributed by atoms with E-state index < -0.39 is 0 Å². The molecule has 3 heteroatoms. The van der Waals surface area contributed by atoms with Gasteiger partial charge in [-0.3, -0.25) is 4.98 Å². The van der Waals surface area contributed by atoms with Crippen molar-refractivity contribution < 1.29 is 0 Å². The fourth-order valence-corrected chi connectivity index (χ4v) is 3.26. The van der Waals surface area contributed by atoms with Crippen LogP contribution in [-0.4, -0.2) is 18.1 Å². The fourth-order valence-electron chi connectivity index (χ4n) is 3.06. The predicted molar refractivity (Wildman–Crippen MR) is 81.5 cm³/mol. The van der Waals surface area contributed by atoms with E-state index in [1.165, 1.54) is 24.8 Å². The number of hydrogen-bond acceptors (Lipinski definition) is 2. The molecule has 2 unspecified atom stereocenters. The molecule has 0 bridgehead atoms. The Hall–Kier alpha value is -0.600. The monoisotopic (exact) mass is 280 g/mol. The van der Waals surface area contributed by atoms with Crippen molar-refractivity contribution in [1.29, 1.82) is 0 Å². The van der Waals surface area contributed by atoms with Crippen LogP contribution < -0.4 is 5.32 Å². The van der Waals surface area contributed by atoms with Gasteiger partial charge in [-0.05, 0) is 61.7 Å². The van der Waals surface area contributed by atoms with Gasteiger partial charge < -0.3 is 5.32 Å². The lowest BCUT2D eigenvalue weighted by Crippen LogP contribution is -2.29. The molecule has 1 saturated carbocycles. The topological polar surface area (TPSA) is 24.9 Å². The van der Waals surface area contributed by atoms with Crippen LogP contribution in [0.15, 0.2) is 18.5 Å². The third kappa shape index (κ3) is 4.47. The number of halogens is 1. The predicted octanol–water partition coefficient (Wildman–Crippen LogP) is 3.94. The molecule has 1 aliphatic carbocycles. The van der Waals surface area contributed by atoms with Crippen LogP contribution >= 0.6 is 11.6 Å². The molecular formula is C16H25ClN2. The van der Waals surface area contributed by atoms with E-state index in [1.807, 2.05) is 6.20 Å². The quantitative estimate of drug-likeness (QED) is 0.854. The number of nitrogens with one attached hydrogen (secondary N) is 1. The molecule has 0 radical (unpaired) electrons. The number of rotatable bonds is 6. The molecule has 2 atom stereocenters. The SMILES string of the molecule is CC(C)CNCC1CCCC1Cc1ccncc1Cl. The normalized spacial score (nSPS) is 23.2. The molecule has 1 N–H and O–H groups in total. The van der Waals surface area contributed by atoms with Gasteiger partial charge in [0.15, 0.2) is 0 Å². The molecule has 1 aromatic heterocycles. The van der Waals surface area contributed by atoms with E-state index in [9.17, 15) is 0 Å². The molecular weight excluding hydrogens is 256 g/mol. The van der Waals surface area contributed by atoms with Crippen LogP contribution in [0.1, 0.15) is 38.7 Å². The highest BCUT2D eigenvalue weighted by Crippen LogP contribution is 2.35. The van der Waals surface area contributed by atoms with Crippen molar-refractivity contribution in [2.75, 3.05) is 13.1 Å². The average Bonchev–Trinajstić information content (AvgIpc) is 2.79. The second kappa shape index (κ2) is 7.25. The number of pyridine rings is 1. The molecule has 2 nitrogen and oxygen atoms in total. The largest absolute Gasteiger partial charge is 0.316 e. The molecule has 19 heavy (non-hydrogen) atoms. The maximum absolute atomic E-state index is 6.22. The zero-order chi connectivity index (χ0) is 13.7.